The number of benzene rings is 1. The van der Waals surface area contributed by atoms with E-state index < -0.39 is 66.1 Å². The summed E-state index contributed by atoms with van der Waals surface area (Å²) in [6, 6.07) is 2.23. The Hall–Kier alpha value is -3.52. The summed E-state index contributed by atoms with van der Waals surface area (Å²) in [7, 11) is 1.32. The number of alkyl halides is 5. The fourth-order valence-electron chi connectivity index (χ4n) is 5.53. The van der Waals surface area contributed by atoms with Crippen LogP contribution in [0, 0.1) is 11.8 Å². The van der Waals surface area contributed by atoms with Gasteiger partial charge >= 0.3 is 18.1 Å². The van der Waals surface area contributed by atoms with Crippen molar-refractivity contribution in [3.63, 3.8) is 0 Å². The van der Waals surface area contributed by atoms with E-state index in [9.17, 15) is 27.6 Å². The molecule has 4 amide bonds. The highest BCUT2D eigenvalue weighted by Crippen LogP contribution is 2.34. The maximum Gasteiger partial charge on any atom is 0.410 e. The molecule has 3 N–H and O–H groups in total. The number of nitrogens with zero attached hydrogens (tertiary/aromatic N) is 2. The average Bonchev–Trinajstić information content (AvgIpc) is 3.37. The molecule has 0 radical (unpaired) electrons. The first-order valence-electron chi connectivity index (χ1n) is 14.0. The first-order chi connectivity index (χ1) is 20.7. The third-order valence-corrected chi connectivity index (χ3v) is 8.26. The molecule has 1 saturated heterocycles. The number of hydrogen-bond acceptors (Lipinski definition) is 5. The molecule has 1 aliphatic heterocycles. The molecule has 1 saturated carbocycles. The number of amides is 4. The van der Waals surface area contributed by atoms with Crippen LogP contribution in [0.3, 0.4) is 0 Å². The highest BCUT2D eigenvalue weighted by molar-refractivity contribution is 6.30. The van der Waals surface area contributed by atoms with Crippen LogP contribution in [0.2, 0.25) is 5.02 Å². The molecule has 2 heterocycles. The van der Waals surface area contributed by atoms with Gasteiger partial charge in [-0.1, -0.05) is 43.5 Å². The first kappa shape index (κ1) is 33.4. The SMILES string of the molecule is COC[C@H](c1ccnc(NC(=O)C(NC(=O)C(F)(F)c2cccc(Cl)c2)C2CCC(C)CC2)c1)N1C[C@@H](C(F)(F)F)NC1=O. The van der Waals surface area contributed by atoms with Crippen LogP contribution >= 0.6 is 11.6 Å². The fourth-order valence-corrected chi connectivity index (χ4v) is 5.72. The maximum absolute atomic E-state index is 15.2. The van der Waals surface area contributed by atoms with Crippen LogP contribution in [0.25, 0.3) is 0 Å². The molecule has 9 nitrogen and oxygen atoms in total. The van der Waals surface area contributed by atoms with Crippen LogP contribution in [0.4, 0.5) is 32.6 Å². The van der Waals surface area contributed by atoms with Crippen molar-refractivity contribution in [1.82, 2.24) is 20.5 Å². The maximum atomic E-state index is 15.2. The molecule has 15 heteroatoms. The van der Waals surface area contributed by atoms with E-state index in [1.54, 1.807) is 0 Å². The van der Waals surface area contributed by atoms with Gasteiger partial charge in [0.1, 0.15) is 17.9 Å². The Morgan fingerprint density at radius 2 is 1.84 bits per heavy atom. The number of ether oxygens (including phenoxy) is 1. The van der Waals surface area contributed by atoms with Gasteiger partial charge in [0.05, 0.1) is 19.2 Å². The van der Waals surface area contributed by atoms with Gasteiger partial charge in [0.25, 0.3) is 5.91 Å². The molecule has 1 aliphatic carbocycles. The third-order valence-electron chi connectivity index (χ3n) is 8.03. The first-order valence-corrected chi connectivity index (χ1v) is 14.4. The number of rotatable bonds is 10. The minimum Gasteiger partial charge on any atom is -0.382 e. The van der Waals surface area contributed by atoms with Crippen molar-refractivity contribution in [3.8, 4) is 0 Å². The predicted octanol–water partition coefficient (Wildman–Crippen LogP) is 5.42. The molecule has 0 bridgehead atoms. The second kappa shape index (κ2) is 13.6. The molecule has 44 heavy (non-hydrogen) atoms. The standard InChI is InChI=1S/C29H33ClF5N5O4/c1-16-6-8-17(9-7-16)24(39-26(42)28(31,32)19-4-3-5-20(30)13-19)25(41)38-23-12-18(10-11-36-23)21(15-44-2)40-14-22(29(33,34)35)37-27(40)43/h3-5,10-13,16-17,21-22,24H,6-9,14-15H2,1-2H3,(H,37,43)(H,39,42)(H,36,38,41)/t16?,17?,21-,22+,24?/m1/s1. The molecule has 2 aliphatic rings. The molecule has 2 aromatic rings. The Morgan fingerprint density at radius 1 is 1.14 bits per heavy atom. The summed E-state index contributed by atoms with van der Waals surface area (Å²) >= 11 is 5.85. The Balaban J connectivity index is 1.56. The largest absolute Gasteiger partial charge is 0.410 e. The molecule has 1 unspecified atom stereocenters. The second-order valence-corrected chi connectivity index (χ2v) is 11.6. The van der Waals surface area contributed by atoms with E-state index in [1.165, 1.54) is 37.6 Å². The minimum absolute atomic E-state index is 0.0172. The monoisotopic (exact) mass is 645 g/mol. The summed E-state index contributed by atoms with van der Waals surface area (Å²) < 4.78 is 75.4. The number of urea groups is 1. The number of carbonyl (C=O) groups excluding carboxylic acids is 3. The molecular formula is C29H33ClF5N5O4. The van der Waals surface area contributed by atoms with Crippen molar-refractivity contribution in [2.24, 2.45) is 11.8 Å². The van der Waals surface area contributed by atoms with Crippen molar-refractivity contribution >= 4 is 35.3 Å². The molecule has 0 spiro atoms. The van der Waals surface area contributed by atoms with Gasteiger partial charge in [-0.25, -0.2) is 9.78 Å². The third kappa shape index (κ3) is 7.76. The van der Waals surface area contributed by atoms with E-state index in [0.29, 0.717) is 24.3 Å². The molecule has 1 aromatic carbocycles. The van der Waals surface area contributed by atoms with Crippen molar-refractivity contribution in [2.45, 2.75) is 62.8 Å². The van der Waals surface area contributed by atoms with E-state index in [1.807, 2.05) is 12.2 Å². The zero-order valence-corrected chi connectivity index (χ0v) is 24.7. The topological polar surface area (TPSA) is 113 Å². The van der Waals surface area contributed by atoms with Gasteiger partial charge in [-0.2, -0.15) is 22.0 Å². The molecular weight excluding hydrogens is 613 g/mol. The summed E-state index contributed by atoms with van der Waals surface area (Å²) in [5.41, 5.74) is -0.314. The van der Waals surface area contributed by atoms with Gasteiger partial charge in [-0.15, -0.1) is 0 Å². The van der Waals surface area contributed by atoms with Gasteiger partial charge in [0, 0.05) is 23.9 Å². The lowest BCUT2D eigenvalue weighted by Crippen LogP contribution is -2.53. The summed E-state index contributed by atoms with van der Waals surface area (Å²) in [4.78, 5) is 44.0. The van der Waals surface area contributed by atoms with E-state index in [0.717, 1.165) is 29.9 Å². The van der Waals surface area contributed by atoms with Crippen LogP contribution in [0.5, 0.6) is 0 Å². The summed E-state index contributed by atoms with van der Waals surface area (Å²) in [6.07, 6.45) is -0.881. The predicted molar refractivity (Wildman–Crippen MR) is 151 cm³/mol. The molecule has 3 atom stereocenters. The van der Waals surface area contributed by atoms with Gasteiger partial charge in [-0.05, 0) is 54.5 Å². The lowest BCUT2D eigenvalue weighted by Gasteiger charge is -2.33. The lowest BCUT2D eigenvalue weighted by atomic mass is 9.79. The summed E-state index contributed by atoms with van der Waals surface area (Å²) in [5.74, 6) is -6.56. The van der Waals surface area contributed by atoms with Crippen molar-refractivity contribution in [2.75, 3.05) is 25.6 Å². The van der Waals surface area contributed by atoms with E-state index in [2.05, 4.69) is 15.6 Å². The average molecular weight is 646 g/mol. The van der Waals surface area contributed by atoms with Crippen LogP contribution in [-0.2, 0) is 20.2 Å². The quantitative estimate of drug-likeness (QED) is 0.299. The zero-order valence-electron chi connectivity index (χ0n) is 24.0. The number of halogens is 6. The summed E-state index contributed by atoms with van der Waals surface area (Å²) in [5, 5.41) is 6.73. The number of nitrogens with one attached hydrogen (secondary N) is 3. The lowest BCUT2D eigenvalue weighted by molar-refractivity contribution is -0.150. The molecule has 2 fully saturated rings. The second-order valence-electron chi connectivity index (χ2n) is 11.2. The Kier molecular flexibility index (Phi) is 10.3. The van der Waals surface area contributed by atoms with Crippen LogP contribution < -0.4 is 16.0 Å². The molecule has 4 rings (SSSR count). The number of aromatic nitrogens is 1. The number of pyridine rings is 1. The normalized spacial score (nSPS) is 22.2. The number of methoxy groups -OCH3 is 1. The van der Waals surface area contributed by atoms with E-state index in [-0.39, 0.29) is 17.4 Å². The van der Waals surface area contributed by atoms with Crippen molar-refractivity contribution in [1.29, 1.82) is 0 Å². The number of carbonyl (C=O) groups is 3. The Morgan fingerprint density at radius 3 is 2.45 bits per heavy atom. The Bertz CT molecular complexity index is 1360. The number of anilines is 1. The van der Waals surface area contributed by atoms with Crippen LogP contribution in [-0.4, -0.2) is 66.3 Å². The van der Waals surface area contributed by atoms with Gasteiger partial charge < -0.3 is 25.6 Å². The van der Waals surface area contributed by atoms with Crippen molar-refractivity contribution in [3.05, 3.63) is 58.7 Å². The Labute approximate surface area is 255 Å². The molecule has 1 aromatic heterocycles. The van der Waals surface area contributed by atoms with E-state index in [4.69, 9.17) is 16.3 Å². The smallest absolute Gasteiger partial charge is 0.382 e. The van der Waals surface area contributed by atoms with Gasteiger partial charge in [0.2, 0.25) is 5.91 Å². The van der Waals surface area contributed by atoms with Gasteiger partial charge in [0.15, 0.2) is 0 Å². The zero-order chi connectivity index (χ0) is 32.2. The van der Waals surface area contributed by atoms with E-state index >= 15 is 8.78 Å². The van der Waals surface area contributed by atoms with Crippen molar-refractivity contribution < 1.29 is 41.1 Å². The molecule has 240 valence electrons. The fraction of sp³-hybridized carbons (Fsp3) is 0.517. The highest BCUT2D eigenvalue weighted by Gasteiger charge is 2.49. The van der Waals surface area contributed by atoms with Crippen LogP contribution in [0.1, 0.15) is 49.8 Å². The minimum atomic E-state index is -4.65. The summed E-state index contributed by atoms with van der Waals surface area (Å²) in [6.45, 7) is 1.23. The van der Waals surface area contributed by atoms with Crippen LogP contribution in [0.15, 0.2) is 42.6 Å². The number of hydrogen-bond donors (Lipinski definition) is 3. The van der Waals surface area contributed by atoms with Gasteiger partial charge in [-0.3, -0.25) is 9.59 Å². The highest BCUT2D eigenvalue weighted by atomic mass is 35.5.